The second-order valence-corrected chi connectivity index (χ2v) is 7.87. The van der Waals surface area contributed by atoms with Crippen LogP contribution >= 0.6 is 0 Å². The molecule has 24 heavy (non-hydrogen) atoms. The van der Waals surface area contributed by atoms with Crippen molar-refractivity contribution >= 4 is 0 Å². The molecule has 0 atom stereocenters. The molecule has 0 aliphatic heterocycles. The summed E-state index contributed by atoms with van der Waals surface area (Å²) in [6.45, 7) is 22.1. The van der Waals surface area contributed by atoms with Crippen LogP contribution in [0.2, 0.25) is 0 Å². The van der Waals surface area contributed by atoms with Gasteiger partial charge in [-0.15, -0.1) is 0 Å². The van der Waals surface area contributed by atoms with E-state index in [9.17, 15) is 0 Å². The number of benzene rings is 2. The van der Waals surface area contributed by atoms with Gasteiger partial charge in [0.2, 0.25) is 0 Å². The number of rotatable bonds is 2. The molecule has 132 valence electrons. The predicted molar refractivity (Wildman–Crippen MR) is 109 cm³/mol. The van der Waals surface area contributed by atoms with Gasteiger partial charge in [0, 0.05) is 0 Å². The zero-order valence-corrected chi connectivity index (χ0v) is 17.5. The van der Waals surface area contributed by atoms with Crippen molar-refractivity contribution in [1.29, 1.82) is 0 Å². The minimum absolute atomic E-state index is 0.642. The zero-order valence-electron chi connectivity index (χ0n) is 17.5. The number of aryl methyl sites for hydroxylation is 4. The Bertz CT molecular complexity index is 580. The van der Waals surface area contributed by atoms with E-state index in [0.717, 1.165) is 0 Å². The Morgan fingerprint density at radius 3 is 0.833 bits per heavy atom. The Hall–Kier alpha value is -1.56. The van der Waals surface area contributed by atoms with Crippen molar-refractivity contribution in [3.63, 3.8) is 0 Å². The molecule has 0 saturated heterocycles. The third kappa shape index (κ3) is 5.23. The molecule has 0 amide bonds. The molecule has 0 N–H and O–H groups in total. The second-order valence-electron chi connectivity index (χ2n) is 7.87. The lowest BCUT2D eigenvalue weighted by atomic mass is 9.95. The fourth-order valence-corrected chi connectivity index (χ4v) is 2.81. The first kappa shape index (κ1) is 20.5. The first-order chi connectivity index (χ1) is 11.0. The van der Waals surface area contributed by atoms with Gasteiger partial charge < -0.3 is 0 Å². The van der Waals surface area contributed by atoms with Crippen LogP contribution in [0.4, 0.5) is 0 Å². The topological polar surface area (TPSA) is 0 Å². The van der Waals surface area contributed by atoms with Crippen molar-refractivity contribution in [3.05, 3.63) is 68.8 Å². The molecule has 0 heteroatoms. The minimum Gasteiger partial charge on any atom is -0.0587 e. The van der Waals surface area contributed by atoms with Gasteiger partial charge in [-0.1, -0.05) is 52.0 Å². The normalized spacial score (nSPS) is 10.8. The van der Waals surface area contributed by atoms with Gasteiger partial charge in [-0.05, 0) is 97.9 Å². The maximum absolute atomic E-state index is 2.30. The maximum Gasteiger partial charge on any atom is -0.0219 e. The average molecular weight is 325 g/mol. The van der Waals surface area contributed by atoms with Crippen LogP contribution < -0.4 is 0 Å². The second kappa shape index (κ2) is 8.51. The van der Waals surface area contributed by atoms with E-state index in [1.54, 1.807) is 0 Å². The van der Waals surface area contributed by atoms with E-state index in [1.165, 1.54) is 44.5 Å². The van der Waals surface area contributed by atoms with Gasteiger partial charge in [0.25, 0.3) is 0 Å². The summed E-state index contributed by atoms with van der Waals surface area (Å²) in [6.07, 6.45) is 0. The Kier molecular flexibility index (Phi) is 7.27. The van der Waals surface area contributed by atoms with Crippen molar-refractivity contribution < 1.29 is 0 Å². The first-order valence-electron chi connectivity index (χ1n) is 9.20. The van der Waals surface area contributed by atoms with E-state index in [0.29, 0.717) is 11.8 Å². The van der Waals surface area contributed by atoms with Gasteiger partial charge in [-0.2, -0.15) is 0 Å². The fourth-order valence-electron chi connectivity index (χ4n) is 2.81. The highest BCUT2D eigenvalue weighted by Crippen LogP contribution is 2.22. The summed E-state index contributed by atoms with van der Waals surface area (Å²) in [5.74, 6) is 1.28. The molecule has 2 aromatic rings. The largest absolute Gasteiger partial charge is 0.0587 e. The Morgan fingerprint density at radius 1 is 0.458 bits per heavy atom. The molecule has 0 spiro atoms. The smallest absolute Gasteiger partial charge is 0.0219 e. The molecular weight excluding hydrogens is 288 g/mol. The van der Waals surface area contributed by atoms with E-state index in [1.807, 2.05) is 0 Å². The summed E-state index contributed by atoms with van der Waals surface area (Å²) in [7, 11) is 0. The van der Waals surface area contributed by atoms with Crippen LogP contribution in [-0.2, 0) is 0 Å². The molecule has 0 fully saturated rings. The summed E-state index contributed by atoms with van der Waals surface area (Å²) in [6, 6.07) is 9.19. The molecule has 0 aromatic heterocycles. The van der Waals surface area contributed by atoms with E-state index in [-0.39, 0.29) is 0 Å². The Labute approximate surface area is 150 Å². The summed E-state index contributed by atoms with van der Waals surface area (Å²) < 4.78 is 0. The highest BCUT2D eigenvalue weighted by atomic mass is 14.1. The molecule has 0 unspecified atom stereocenters. The zero-order chi connectivity index (χ0) is 18.6. The van der Waals surface area contributed by atoms with Crippen molar-refractivity contribution in [3.8, 4) is 0 Å². The molecule has 2 aromatic carbocycles. The molecule has 0 radical (unpaired) electrons. The summed E-state index contributed by atoms with van der Waals surface area (Å²) in [5.41, 5.74) is 11.4. The molecule has 0 aliphatic carbocycles. The summed E-state index contributed by atoms with van der Waals surface area (Å²) in [4.78, 5) is 0. The standard InChI is InChI=1S/2C12H18/c2*1-8(2)12-6-9(3)11(5)10(4)7-12/h2*6-8H,1-5H3. The lowest BCUT2D eigenvalue weighted by Gasteiger charge is -2.11. The van der Waals surface area contributed by atoms with Gasteiger partial charge in [-0.3, -0.25) is 0 Å². The van der Waals surface area contributed by atoms with Gasteiger partial charge >= 0.3 is 0 Å². The lowest BCUT2D eigenvalue weighted by molar-refractivity contribution is 0.861. The van der Waals surface area contributed by atoms with Gasteiger partial charge in [0.15, 0.2) is 0 Å². The van der Waals surface area contributed by atoms with Crippen molar-refractivity contribution in [1.82, 2.24) is 0 Å². The lowest BCUT2D eigenvalue weighted by Crippen LogP contribution is -1.93. The molecule has 0 nitrogen and oxygen atoms in total. The SMILES string of the molecule is Cc1cc(C(C)C)cc(C)c1C.Cc1cc(C(C)C)cc(C)c1C. The van der Waals surface area contributed by atoms with Gasteiger partial charge in [0.1, 0.15) is 0 Å². The van der Waals surface area contributed by atoms with Crippen LogP contribution in [0.5, 0.6) is 0 Å². The molecule has 0 bridgehead atoms. The number of hydrogen-bond acceptors (Lipinski definition) is 0. The van der Waals surface area contributed by atoms with Crippen LogP contribution in [0.3, 0.4) is 0 Å². The van der Waals surface area contributed by atoms with Crippen LogP contribution in [0.25, 0.3) is 0 Å². The predicted octanol–water partition coefficient (Wildman–Crippen LogP) is 7.47. The molecule has 0 aliphatic rings. The highest BCUT2D eigenvalue weighted by Gasteiger charge is 2.04. The van der Waals surface area contributed by atoms with Crippen LogP contribution in [-0.4, -0.2) is 0 Å². The highest BCUT2D eigenvalue weighted by molar-refractivity contribution is 5.38. The first-order valence-corrected chi connectivity index (χ1v) is 9.20. The van der Waals surface area contributed by atoms with Crippen LogP contribution in [0, 0.1) is 41.5 Å². The molecule has 0 heterocycles. The van der Waals surface area contributed by atoms with Gasteiger partial charge in [0.05, 0.1) is 0 Å². The quantitative estimate of drug-likeness (QED) is 0.537. The third-order valence-electron chi connectivity index (χ3n) is 5.23. The Balaban J connectivity index is 0.000000240. The average Bonchev–Trinajstić information content (AvgIpc) is 2.49. The third-order valence-corrected chi connectivity index (χ3v) is 5.23. The van der Waals surface area contributed by atoms with Crippen molar-refractivity contribution in [2.24, 2.45) is 0 Å². The summed E-state index contributed by atoms with van der Waals surface area (Å²) >= 11 is 0. The number of hydrogen-bond donors (Lipinski definition) is 0. The molecule has 0 saturated carbocycles. The fraction of sp³-hybridized carbons (Fsp3) is 0.500. The molecular formula is C24H36. The Morgan fingerprint density at radius 2 is 0.667 bits per heavy atom. The summed E-state index contributed by atoms with van der Waals surface area (Å²) in [5, 5.41) is 0. The van der Waals surface area contributed by atoms with Gasteiger partial charge in [-0.25, -0.2) is 0 Å². The van der Waals surface area contributed by atoms with E-state index in [2.05, 4.69) is 93.5 Å². The monoisotopic (exact) mass is 324 g/mol. The van der Waals surface area contributed by atoms with Crippen LogP contribution in [0.15, 0.2) is 24.3 Å². The van der Waals surface area contributed by atoms with E-state index in [4.69, 9.17) is 0 Å². The maximum atomic E-state index is 2.30. The van der Waals surface area contributed by atoms with E-state index >= 15 is 0 Å². The molecule has 2 rings (SSSR count). The van der Waals surface area contributed by atoms with Crippen molar-refractivity contribution in [2.45, 2.75) is 81.1 Å². The van der Waals surface area contributed by atoms with Crippen LogP contribution in [0.1, 0.15) is 84.0 Å². The minimum atomic E-state index is 0.642. The van der Waals surface area contributed by atoms with Crippen molar-refractivity contribution in [2.75, 3.05) is 0 Å². The van der Waals surface area contributed by atoms with E-state index < -0.39 is 0 Å².